The predicted octanol–water partition coefficient (Wildman–Crippen LogP) is 1.71. The molecule has 6 heteroatoms. The zero-order chi connectivity index (χ0) is 15.9. The second-order valence-corrected chi connectivity index (χ2v) is 4.64. The third kappa shape index (κ3) is 4.39. The molecule has 114 valence electrons. The number of benzene rings is 2. The fourth-order valence-corrected chi connectivity index (χ4v) is 1.85. The van der Waals surface area contributed by atoms with Gasteiger partial charge in [0, 0.05) is 5.56 Å². The molecule has 2 aromatic carbocycles. The Morgan fingerprint density at radius 3 is 2.45 bits per heavy atom. The summed E-state index contributed by atoms with van der Waals surface area (Å²) in [6.45, 7) is 0. The SMILES string of the molecule is O=C(CC(O)c1cccc(F)c1)NNC(=O)c1ccccc1. The molecule has 0 radical (unpaired) electrons. The van der Waals surface area contributed by atoms with Crippen molar-refractivity contribution in [2.24, 2.45) is 0 Å². The van der Waals surface area contributed by atoms with Gasteiger partial charge in [-0.2, -0.15) is 0 Å². The van der Waals surface area contributed by atoms with Crippen molar-refractivity contribution in [2.45, 2.75) is 12.5 Å². The van der Waals surface area contributed by atoms with Gasteiger partial charge < -0.3 is 5.11 Å². The van der Waals surface area contributed by atoms with Crippen LogP contribution in [-0.2, 0) is 4.79 Å². The van der Waals surface area contributed by atoms with Crippen molar-refractivity contribution >= 4 is 11.8 Å². The van der Waals surface area contributed by atoms with Gasteiger partial charge in [0.05, 0.1) is 12.5 Å². The first kappa shape index (κ1) is 15.7. The Morgan fingerprint density at radius 2 is 1.77 bits per heavy atom. The molecule has 2 rings (SSSR count). The lowest BCUT2D eigenvalue weighted by molar-refractivity contribution is -0.123. The average molecular weight is 302 g/mol. The normalized spacial score (nSPS) is 11.5. The van der Waals surface area contributed by atoms with E-state index in [2.05, 4.69) is 10.9 Å². The van der Waals surface area contributed by atoms with Crippen LogP contribution in [0.25, 0.3) is 0 Å². The number of nitrogens with one attached hydrogen (secondary N) is 2. The van der Waals surface area contributed by atoms with Crippen LogP contribution in [0.3, 0.4) is 0 Å². The fraction of sp³-hybridized carbons (Fsp3) is 0.125. The minimum Gasteiger partial charge on any atom is -0.388 e. The van der Waals surface area contributed by atoms with Gasteiger partial charge in [0.1, 0.15) is 5.82 Å². The van der Waals surface area contributed by atoms with Gasteiger partial charge >= 0.3 is 0 Å². The van der Waals surface area contributed by atoms with E-state index in [4.69, 9.17) is 0 Å². The molecule has 0 fully saturated rings. The Hall–Kier alpha value is -2.73. The van der Waals surface area contributed by atoms with Crippen LogP contribution in [0.4, 0.5) is 4.39 Å². The van der Waals surface area contributed by atoms with Crippen molar-refractivity contribution < 1.29 is 19.1 Å². The van der Waals surface area contributed by atoms with Crippen molar-refractivity contribution in [1.29, 1.82) is 0 Å². The average Bonchev–Trinajstić information content (AvgIpc) is 2.53. The standard InChI is InChI=1S/C16H15FN2O3/c17-13-8-4-7-12(9-13)14(20)10-15(21)18-19-16(22)11-5-2-1-3-6-11/h1-9,14,20H,10H2,(H,18,21)(H,19,22). The first-order chi connectivity index (χ1) is 10.6. The Kier molecular flexibility index (Phi) is 5.21. The summed E-state index contributed by atoms with van der Waals surface area (Å²) >= 11 is 0. The Morgan fingerprint density at radius 1 is 1.05 bits per heavy atom. The van der Waals surface area contributed by atoms with Gasteiger partial charge in [-0.1, -0.05) is 30.3 Å². The summed E-state index contributed by atoms with van der Waals surface area (Å²) in [5.74, 6) is -1.54. The van der Waals surface area contributed by atoms with E-state index in [1.54, 1.807) is 30.3 Å². The lowest BCUT2D eigenvalue weighted by Crippen LogP contribution is -2.42. The minimum absolute atomic E-state index is 0.293. The smallest absolute Gasteiger partial charge is 0.269 e. The van der Waals surface area contributed by atoms with Crippen LogP contribution in [0.1, 0.15) is 28.4 Å². The number of hydrazine groups is 1. The maximum atomic E-state index is 13.0. The molecule has 1 unspecified atom stereocenters. The van der Waals surface area contributed by atoms with Crippen LogP contribution in [0, 0.1) is 5.82 Å². The van der Waals surface area contributed by atoms with Gasteiger partial charge in [-0.25, -0.2) is 4.39 Å². The molecule has 0 bridgehead atoms. The largest absolute Gasteiger partial charge is 0.388 e. The maximum absolute atomic E-state index is 13.0. The van der Waals surface area contributed by atoms with E-state index in [-0.39, 0.29) is 6.42 Å². The van der Waals surface area contributed by atoms with E-state index < -0.39 is 23.7 Å². The number of rotatable bonds is 4. The Bertz CT molecular complexity index is 661. The van der Waals surface area contributed by atoms with Crippen LogP contribution >= 0.6 is 0 Å². The number of carbonyl (C=O) groups excluding carboxylic acids is 2. The Balaban J connectivity index is 1.84. The van der Waals surface area contributed by atoms with Crippen molar-refractivity contribution in [3.63, 3.8) is 0 Å². The molecule has 2 aromatic rings. The number of aliphatic hydroxyl groups excluding tert-OH is 1. The summed E-state index contributed by atoms with van der Waals surface area (Å²) in [5.41, 5.74) is 5.14. The molecule has 0 saturated carbocycles. The molecular formula is C16H15FN2O3. The highest BCUT2D eigenvalue weighted by atomic mass is 19.1. The third-order valence-electron chi connectivity index (χ3n) is 2.96. The molecule has 0 spiro atoms. The van der Waals surface area contributed by atoms with Crippen molar-refractivity contribution in [2.75, 3.05) is 0 Å². The number of hydrogen-bond acceptors (Lipinski definition) is 3. The second kappa shape index (κ2) is 7.33. The van der Waals surface area contributed by atoms with Crippen LogP contribution in [0.5, 0.6) is 0 Å². The van der Waals surface area contributed by atoms with Crippen molar-refractivity contribution in [3.05, 3.63) is 71.5 Å². The van der Waals surface area contributed by atoms with Crippen molar-refractivity contribution in [1.82, 2.24) is 10.9 Å². The molecule has 0 aliphatic rings. The van der Waals surface area contributed by atoms with E-state index in [1.165, 1.54) is 18.2 Å². The highest BCUT2D eigenvalue weighted by Crippen LogP contribution is 2.17. The Labute approximate surface area is 126 Å². The van der Waals surface area contributed by atoms with E-state index in [0.29, 0.717) is 11.1 Å². The molecule has 0 heterocycles. The van der Waals surface area contributed by atoms with E-state index >= 15 is 0 Å². The predicted molar refractivity (Wildman–Crippen MR) is 78.0 cm³/mol. The summed E-state index contributed by atoms with van der Waals surface area (Å²) in [7, 11) is 0. The van der Waals surface area contributed by atoms with E-state index in [9.17, 15) is 19.1 Å². The third-order valence-corrected chi connectivity index (χ3v) is 2.96. The highest BCUT2D eigenvalue weighted by Gasteiger charge is 2.14. The molecule has 0 aromatic heterocycles. The topological polar surface area (TPSA) is 78.4 Å². The number of halogens is 1. The molecule has 22 heavy (non-hydrogen) atoms. The molecule has 3 N–H and O–H groups in total. The zero-order valence-electron chi connectivity index (χ0n) is 11.6. The lowest BCUT2D eigenvalue weighted by Gasteiger charge is -2.12. The summed E-state index contributed by atoms with van der Waals surface area (Å²) in [6, 6.07) is 13.7. The number of carbonyl (C=O) groups is 2. The molecule has 0 aliphatic carbocycles. The van der Waals surface area contributed by atoms with Crippen LogP contribution in [0.15, 0.2) is 54.6 Å². The van der Waals surface area contributed by atoms with E-state index in [0.717, 1.165) is 6.07 Å². The first-order valence-electron chi connectivity index (χ1n) is 6.64. The number of aliphatic hydroxyl groups is 1. The quantitative estimate of drug-likeness (QED) is 0.752. The highest BCUT2D eigenvalue weighted by molar-refractivity contribution is 5.95. The molecule has 5 nitrogen and oxygen atoms in total. The molecule has 2 amide bonds. The minimum atomic E-state index is -1.15. The van der Waals surface area contributed by atoms with Gasteiger partial charge in [-0.15, -0.1) is 0 Å². The number of amides is 2. The van der Waals surface area contributed by atoms with Crippen LogP contribution in [-0.4, -0.2) is 16.9 Å². The van der Waals surface area contributed by atoms with Gasteiger partial charge in [0.15, 0.2) is 0 Å². The fourth-order valence-electron chi connectivity index (χ4n) is 1.85. The summed E-state index contributed by atoms with van der Waals surface area (Å²) < 4.78 is 13.0. The summed E-state index contributed by atoms with van der Waals surface area (Å²) in [5, 5.41) is 9.86. The number of hydrogen-bond donors (Lipinski definition) is 3. The van der Waals surface area contributed by atoms with Gasteiger partial charge in [0.25, 0.3) is 5.91 Å². The van der Waals surface area contributed by atoms with Crippen molar-refractivity contribution in [3.8, 4) is 0 Å². The first-order valence-corrected chi connectivity index (χ1v) is 6.64. The molecule has 0 aliphatic heterocycles. The zero-order valence-corrected chi connectivity index (χ0v) is 11.6. The summed E-state index contributed by atoms with van der Waals surface area (Å²) in [6.07, 6.45) is -1.44. The molecule has 0 saturated heterocycles. The van der Waals surface area contributed by atoms with Crippen LogP contribution in [0.2, 0.25) is 0 Å². The van der Waals surface area contributed by atoms with Crippen LogP contribution < -0.4 is 10.9 Å². The summed E-state index contributed by atoms with van der Waals surface area (Å²) in [4.78, 5) is 23.4. The maximum Gasteiger partial charge on any atom is 0.269 e. The van der Waals surface area contributed by atoms with Gasteiger partial charge in [-0.3, -0.25) is 20.4 Å². The second-order valence-electron chi connectivity index (χ2n) is 4.64. The lowest BCUT2D eigenvalue weighted by atomic mass is 10.1. The van der Waals surface area contributed by atoms with E-state index in [1.807, 2.05) is 0 Å². The van der Waals surface area contributed by atoms with Gasteiger partial charge in [0.2, 0.25) is 5.91 Å². The monoisotopic (exact) mass is 302 g/mol. The van der Waals surface area contributed by atoms with Gasteiger partial charge in [-0.05, 0) is 29.8 Å². The molecule has 1 atom stereocenters. The molecular weight excluding hydrogens is 287 g/mol.